The number of hydrogen-bond acceptors (Lipinski definition) is 7. The Morgan fingerprint density at radius 2 is 1.67 bits per heavy atom. The Morgan fingerprint density at radius 3 is 2.26 bits per heavy atom. The third-order valence-corrected chi connectivity index (χ3v) is 6.02. The van der Waals surface area contributed by atoms with Crippen LogP contribution in [-0.4, -0.2) is 35.8 Å². The van der Waals surface area contributed by atoms with Crippen molar-refractivity contribution in [2.45, 2.75) is 91.1 Å². The van der Waals surface area contributed by atoms with Crippen LogP contribution in [-0.2, 0) is 36.8 Å². The van der Waals surface area contributed by atoms with Crippen LogP contribution in [0, 0.1) is 17.2 Å². The summed E-state index contributed by atoms with van der Waals surface area (Å²) < 4.78 is 16.7. The van der Waals surface area contributed by atoms with Gasteiger partial charge >= 0.3 is 18.0 Å². The first-order valence-corrected chi connectivity index (χ1v) is 13.4. The number of amides is 1. The number of hydrogen-bond donors (Lipinski definition) is 1. The van der Waals surface area contributed by atoms with Crippen LogP contribution >= 0.6 is 0 Å². The number of alkyl carbamates (subject to hydrolysis) is 1. The SMILES string of the molecule is CCCC[C@H](C)[C@H](CC(=O)OCc1ccccc1)OC(=O)[C@@H](Cc1ccc(C#N)cc1)NC(=O)OC(C)(C)C. The van der Waals surface area contributed by atoms with Gasteiger partial charge in [-0.25, -0.2) is 9.59 Å². The molecule has 2 aromatic carbocycles. The van der Waals surface area contributed by atoms with Gasteiger partial charge in [0.25, 0.3) is 0 Å². The first kappa shape index (κ1) is 31.4. The monoisotopic (exact) mass is 536 g/mol. The largest absolute Gasteiger partial charge is 0.461 e. The summed E-state index contributed by atoms with van der Waals surface area (Å²) in [6.45, 7) is 9.33. The van der Waals surface area contributed by atoms with E-state index in [1.165, 1.54) is 0 Å². The van der Waals surface area contributed by atoms with Crippen molar-refractivity contribution in [3.8, 4) is 6.07 Å². The van der Waals surface area contributed by atoms with Crippen molar-refractivity contribution in [1.82, 2.24) is 5.32 Å². The molecular weight excluding hydrogens is 496 g/mol. The van der Waals surface area contributed by atoms with E-state index in [0.717, 1.165) is 30.4 Å². The summed E-state index contributed by atoms with van der Waals surface area (Å²) in [7, 11) is 0. The van der Waals surface area contributed by atoms with Crippen molar-refractivity contribution >= 4 is 18.0 Å². The Balaban J connectivity index is 2.17. The van der Waals surface area contributed by atoms with E-state index >= 15 is 0 Å². The van der Waals surface area contributed by atoms with Gasteiger partial charge in [-0.05, 0) is 56.4 Å². The number of rotatable bonds is 13. The summed E-state index contributed by atoms with van der Waals surface area (Å²) >= 11 is 0. The standard InChI is InChI=1S/C31H40N2O6/c1-6-7-11-22(2)27(19-28(34)37-21-25-12-9-8-10-13-25)38-29(35)26(33-30(36)39-31(3,4)5)18-23-14-16-24(20-32)17-15-23/h8-10,12-17,22,26-27H,6-7,11,18-19,21H2,1-5H3,(H,33,36)/t22-,26+,27-/m0/s1. The zero-order valence-electron chi connectivity index (χ0n) is 23.6. The van der Waals surface area contributed by atoms with Crippen molar-refractivity contribution < 1.29 is 28.6 Å². The predicted octanol–water partition coefficient (Wildman–Crippen LogP) is 5.87. The molecule has 210 valence electrons. The number of nitrogens with zero attached hydrogens (tertiary/aromatic N) is 1. The van der Waals surface area contributed by atoms with Gasteiger partial charge in [0.05, 0.1) is 18.1 Å². The highest BCUT2D eigenvalue weighted by molar-refractivity contribution is 5.82. The number of unbranched alkanes of at least 4 members (excludes halogenated alkanes) is 1. The molecule has 3 atom stereocenters. The Bertz CT molecular complexity index is 1100. The molecule has 8 heteroatoms. The smallest absolute Gasteiger partial charge is 0.408 e. The van der Waals surface area contributed by atoms with Crippen LogP contribution in [0.3, 0.4) is 0 Å². The fourth-order valence-electron chi connectivity index (χ4n) is 3.86. The minimum absolute atomic E-state index is 0.0977. The van der Waals surface area contributed by atoms with Gasteiger partial charge in [0.1, 0.15) is 24.4 Å². The van der Waals surface area contributed by atoms with E-state index in [2.05, 4.69) is 18.3 Å². The van der Waals surface area contributed by atoms with E-state index < -0.39 is 35.8 Å². The number of ether oxygens (including phenoxy) is 3. The number of nitrogens with one attached hydrogen (secondary N) is 1. The quantitative estimate of drug-likeness (QED) is 0.252. The average molecular weight is 537 g/mol. The maximum absolute atomic E-state index is 13.4. The number of esters is 2. The van der Waals surface area contributed by atoms with E-state index in [9.17, 15) is 14.4 Å². The highest BCUT2D eigenvalue weighted by Gasteiger charge is 2.31. The van der Waals surface area contributed by atoms with Crippen LogP contribution in [0.5, 0.6) is 0 Å². The maximum atomic E-state index is 13.4. The molecular formula is C31H40N2O6. The van der Waals surface area contributed by atoms with Crippen LogP contribution in [0.15, 0.2) is 54.6 Å². The summed E-state index contributed by atoms with van der Waals surface area (Å²) in [6, 6.07) is 17.1. The summed E-state index contributed by atoms with van der Waals surface area (Å²) in [5.74, 6) is -1.24. The van der Waals surface area contributed by atoms with Gasteiger partial charge in [-0.2, -0.15) is 5.26 Å². The minimum Gasteiger partial charge on any atom is -0.461 e. The normalized spacial score (nSPS) is 13.3. The summed E-state index contributed by atoms with van der Waals surface area (Å²) in [4.78, 5) is 38.7. The highest BCUT2D eigenvalue weighted by atomic mass is 16.6. The van der Waals surface area contributed by atoms with Crippen molar-refractivity contribution in [3.63, 3.8) is 0 Å². The minimum atomic E-state index is -1.06. The second-order valence-electron chi connectivity index (χ2n) is 10.7. The van der Waals surface area contributed by atoms with Crippen LogP contribution in [0.25, 0.3) is 0 Å². The lowest BCUT2D eigenvalue weighted by atomic mass is 9.95. The molecule has 0 fully saturated rings. The van der Waals surface area contributed by atoms with E-state index in [0.29, 0.717) is 5.56 Å². The van der Waals surface area contributed by atoms with E-state index in [-0.39, 0.29) is 25.4 Å². The molecule has 39 heavy (non-hydrogen) atoms. The Kier molecular flexibility index (Phi) is 12.5. The molecule has 0 aliphatic carbocycles. The lowest BCUT2D eigenvalue weighted by Crippen LogP contribution is -2.47. The number of nitriles is 1. The number of benzene rings is 2. The number of carbonyl (C=O) groups is 3. The fourth-order valence-corrected chi connectivity index (χ4v) is 3.86. The first-order chi connectivity index (χ1) is 18.5. The van der Waals surface area contributed by atoms with E-state index in [4.69, 9.17) is 19.5 Å². The fraction of sp³-hybridized carbons (Fsp3) is 0.484. The van der Waals surface area contributed by atoms with Gasteiger partial charge in [-0.15, -0.1) is 0 Å². The van der Waals surface area contributed by atoms with Crippen LogP contribution in [0.1, 0.15) is 77.0 Å². The third kappa shape index (κ3) is 12.0. The zero-order chi connectivity index (χ0) is 28.8. The van der Waals surface area contributed by atoms with Gasteiger partial charge in [0, 0.05) is 6.42 Å². The lowest BCUT2D eigenvalue weighted by molar-refractivity contribution is -0.160. The van der Waals surface area contributed by atoms with Crippen molar-refractivity contribution in [2.75, 3.05) is 0 Å². The highest BCUT2D eigenvalue weighted by Crippen LogP contribution is 2.21. The molecule has 0 saturated carbocycles. The van der Waals surface area contributed by atoms with Crippen molar-refractivity contribution in [2.24, 2.45) is 5.92 Å². The van der Waals surface area contributed by atoms with Crippen LogP contribution in [0.2, 0.25) is 0 Å². The summed E-state index contributed by atoms with van der Waals surface area (Å²) in [6.07, 6.45) is 1.19. The topological polar surface area (TPSA) is 115 Å². The second kappa shape index (κ2) is 15.5. The molecule has 1 amide bonds. The third-order valence-electron chi connectivity index (χ3n) is 6.02. The maximum Gasteiger partial charge on any atom is 0.408 e. The zero-order valence-corrected chi connectivity index (χ0v) is 23.6. The summed E-state index contributed by atoms with van der Waals surface area (Å²) in [5.41, 5.74) is 1.32. The van der Waals surface area contributed by atoms with Gasteiger partial charge in [0.15, 0.2) is 0 Å². The van der Waals surface area contributed by atoms with Crippen molar-refractivity contribution in [3.05, 3.63) is 71.3 Å². The summed E-state index contributed by atoms with van der Waals surface area (Å²) in [5, 5.41) is 11.7. The molecule has 0 spiro atoms. The molecule has 8 nitrogen and oxygen atoms in total. The molecule has 2 rings (SSSR count). The number of carbonyl (C=O) groups excluding carboxylic acids is 3. The Labute approximate surface area is 231 Å². The van der Waals surface area contributed by atoms with Crippen LogP contribution < -0.4 is 5.32 Å². The van der Waals surface area contributed by atoms with Gasteiger partial charge in [0.2, 0.25) is 0 Å². The molecule has 0 saturated heterocycles. The predicted molar refractivity (Wildman–Crippen MR) is 147 cm³/mol. The Morgan fingerprint density at radius 1 is 1.00 bits per heavy atom. The molecule has 0 bridgehead atoms. The Hall–Kier alpha value is -3.86. The van der Waals surface area contributed by atoms with Gasteiger partial charge < -0.3 is 19.5 Å². The molecule has 0 heterocycles. The molecule has 0 unspecified atom stereocenters. The van der Waals surface area contributed by atoms with E-state index in [1.807, 2.05) is 37.3 Å². The molecule has 0 radical (unpaired) electrons. The van der Waals surface area contributed by atoms with Crippen LogP contribution in [0.4, 0.5) is 4.79 Å². The molecule has 0 aromatic heterocycles. The average Bonchev–Trinajstić information content (AvgIpc) is 2.89. The van der Waals surface area contributed by atoms with Gasteiger partial charge in [-0.3, -0.25) is 4.79 Å². The van der Waals surface area contributed by atoms with Crippen molar-refractivity contribution in [1.29, 1.82) is 5.26 Å². The lowest BCUT2D eigenvalue weighted by Gasteiger charge is -2.27. The molecule has 1 N–H and O–H groups in total. The second-order valence-corrected chi connectivity index (χ2v) is 10.7. The van der Waals surface area contributed by atoms with E-state index in [1.54, 1.807) is 45.0 Å². The molecule has 0 aliphatic heterocycles. The molecule has 0 aliphatic rings. The van der Waals surface area contributed by atoms with Gasteiger partial charge in [-0.1, -0.05) is 69.2 Å². The first-order valence-electron chi connectivity index (χ1n) is 13.4. The molecule has 2 aromatic rings.